The van der Waals surface area contributed by atoms with Crippen LogP contribution in [0.1, 0.15) is 35.0 Å². The lowest BCUT2D eigenvalue weighted by atomic mass is 9.96. The molecule has 0 bridgehead atoms. The Labute approximate surface area is 157 Å². The molecule has 0 saturated carbocycles. The number of fused-ring (bicyclic) bond motifs is 1. The lowest BCUT2D eigenvalue weighted by Crippen LogP contribution is -2.38. The van der Waals surface area contributed by atoms with Gasteiger partial charge in [0.1, 0.15) is 5.52 Å². The number of piperidine rings is 1. The Morgan fingerprint density at radius 3 is 2.52 bits per heavy atom. The number of nitrogens with zero attached hydrogens (tertiary/aromatic N) is 2. The fourth-order valence-electron chi connectivity index (χ4n) is 3.55. The summed E-state index contributed by atoms with van der Waals surface area (Å²) < 4.78 is 16.4. The van der Waals surface area contributed by atoms with Gasteiger partial charge in [0.2, 0.25) is 0 Å². The third-order valence-corrected chi connectivity index (χ3v) is 5.07. The van der Waals surface area contributed by atoms with Crippen LogP contribution < -0.4 is 9.47 Å². The van der Waals surface area contributed by atoms with Crippen molar-refractivity contribution >= 4 is 17.0 Å². The molecular weight excluding hydrogens is 344 g/mol. The summed E-state index contributed by atoms with van der Waals surface area (Å²) in [5.74, 6) is 2.20. The van der Waals surface area contributed by atoms with Gasteiger partial charge in [-0.15, -0.1) is 0 Å². The van der Waals surface area contributed by atoms with E-state index in [1.807, 2.05) is 29.2 Å². The maximum atomic E-state index is 12.8. The minimum absolute atomic E-state index is 0.00645. The van der Waals surface area contributed by atoms with Crippen molar-refractivity contribution in [3.05, 3.63) is 53.9 Å². The SMILES string of the molecule is COc1ccc(C(=O)N2CCC(c3nc4ccccc4o3)CC2)cc1OC. The first-order valence-electron chi connectivity index (χ1n) is 9.06. The smallest absolute Gasteiger partial charge is 0.253 e. The number of carbonyl (C=O) groups excluding carboxylic acids is 1. The number of carbonyl (C=O) groups is 1. The summed E-state index contributed by atoms with van der Waals surface area (Å²) in [7, 11) is 3.15. The first-order chi connectivity index (χ1) is 13.2. The molecule has 1 aliphatic heterocycles. The number of ether oxygens (including phenoxy) is 2. The number of methoxy groups -OCH3 is 2. The van der Waals surface area contributed by atoms with Crippen molar-refractivity contribution in [2.24, 2.45) is 0 Å². The van der Waals surface area contributed by atoms with Crippen molar-refractivity contribution in [2.75, 3.05) is 27.3 Å². The molecule has 0 atom stereocenters. The van der Waals surface area contributed by atoms with E-state index in [1.165, 1.54) is 0 Å². The van der Waals surface area contributed by atoms with Crippen molar-refractivity contribution in [1.82, 2.24) is 9.88 Å². The summed E-state index contributed by atoms with van der Waals surface area (Å²) in [4.78, 5) is 19.3. The van der Waals surface area contributed by atoms with Crippen LogP contribution in [-0.4, -0.2) is 43.1 Å². The standard InChI is InChI=1S/C21H22N2O4/c1-25-18-8-7-15(13-19(18)26-2)21(24)23-11-9-14(10-12-23)20-22-16-5-3-4-6-17(16)27-20/h3-8,13-14H,9-12H2,1-2H3. The number of likely N-dealkylation sites (tertiary alicyclic amines) is 1. The molecular formula is C21H22N2O4. The highest BCUT2D eigenvalue weighted by Gasteiger charge is 2.28. The van der Waals surface area contributed by atoms with Crippen molar-refractivity contribution in [2.45, 2.75) is 18.8 Å². The van der Waals surface area contributed by atoms with Gasteiger partial charge >= 0.3 is 0 Å². The summed E-state index contributed by atoms with van der Waals surface area (Å²) in [5.41, 5.74) is 2.31. The van der Waals surface area contributed by atoms with Gasteiger partial charge in [0.05, 0.1) is 14.2 Å². The van der Waals surface area contributed by atoms with Gasteiger partial charge in [-0.1, -0.05) is 12.1 Å². The van der Waals surface area contributed by atoms with E-state index in [0.717, 1.165) is 29.8 Å². The lowest BCUT2D eigenvalue weighted by Gasteiger charge is -2.30. The average Bonchev–Trinajstić information content (AvgIpc) is 3.17. The second-order valence-electron chi connectivity index (χ2n) is 6.66. The number of para-hydroxylation sites is 2. The molecule has 27 heavy (non-hydrogen) atoms. The molecule has 3 aromatic rings. The number of oxazole rings is 1. The van der Waals surface area contributed by atoms with Crippen LogP contribution in [0.15, 0.2) is 46.9 Å². The molecule has 1 amide bonds. The molecule has 1 saturated heterocycles. The summed E-state index contributed by atoms with van der Waals surface area (Å²) >= 11 is 0. The van der Waals surface area contributed by atoms with Gasteiger partial charge in [-0.3, -0.25) is 4.79 Å². The molecule has 0 unspecified atom stereocenters. The van der Waals surface area contributed by atoms with E-state index in [0.29, 0.717) is 30.2 Å². The van der Waals surface area contributed by atoms with Crippen LogP contribution in [0.5, 0.6) is 11.5 Å². The van der Waals surface area contributed by atoms with Crippen LogP contribution >= 0.6 is 0 Å². The van der Waals surface area contributed by atoms with Crippen molar-refractivity contribution in [3.63, 3.8) is 0 Å². The van der Waals surface area contributed by atoms with Crippen LogP contribution in [-0.2, 0) is 0 Å². The van der Waals surface area contributed by atoms with Crippen LogP contribution in [0, 0.1) is 0 Å². The van der Waals surface area contributed by atoms with E-state index in [2.05, 4.69) is 4.98 Å². The number of rotatable bonds is 4. The summed E-state index contributed by atoms with van der Waals surface area (Å²) in [6.45, 7) is 1.35. The number of benzene rings is 2. The Morgan fingerprint density at radius 2 is 1.81 bits per heavy atom. The fourth-order valence-corrected chi connectivity index (χ4v) is 3.55. The average molecular weight is 366 g/mol. The number of aromatic nitrogens is 1. The maximum absolute atomic E-state index is 12.8. The zero-order valence-corrected chi connectivity index (χ0v) is 15.5. The van der Waals surface area contributed by atoms with Gasteiger partial charge in [-0.05, 0) is 43.2 Å². The van der Waals surface area contributed by atoms with Crippen LogP contribution in [0.3, 0.4) is 0 Å². The molecule has 0 aliphatic carbocycles. The van der Waals surface area contributed by atoms with E-state index in [4.69, 9.17) is 13.9 Å². The van der Waals surface area contributed by atoms with Gasteiger partial charge in [0.25, 0.3) is 5.91 Å². The Morgan fingerprint density at radius 1 is 1.07 bits per heavy atom. The number of hydrogen-bond acceptors (Lipinski definition) is 5. The Bertz CT molecular complexity index is 925. The molecule has 0 radical (unpaired) electrons. The monoisotopic (exact) mass is 366 g/mol. The van der Waals surface area contributed by atoms with E-state index in [9.17, 15) is 4.79 Å². The van der Waals surface area contributed by atoms with Crippen LogP contribution in [0.2, 0.25) is 0 Å². The summed E-state index contributed by atoms with van der Waals surface area (Å²) in [6.07, 6.45) is 1.68. The highest BCUT2D eigenvalue weighted by Crippen LogP contribution is 2.32. The third kappa shape index (κ3) is 3.35. The van der Waals surface area contributed by atoms with Crippen LogP contribution in [0.25, 0.3) is 11.1 Å². The molecule has 0 N–H and O–H groups in total. The molecule has 1 fully saturated rings. The molecule has 4 rings (SSSR count). The Balaban J connectivity index is 1.45. The van der Waals surface area contributed by atoms with Gasteiger partial charge in [0.15, 0.2) is 23.0 Å². The molecule has 6 nitrogen and oxygen atoms in total. The normalized spacial score (nSPS) is 15.1. The van der Waals surface area contributed by atoms with E-state index in [-0.39, 0.29) is 11.8 Å². The first kappa shape index (κ1) is 17.4. The van der Waals surface area contributed by atoms with Gasteiger partial charge < -0.3 is 18.8 Å². The Kier molecular flexibility index (Phi) is 4.71. The Hall–Kier alpha value is -3.02. The van der Waals surface area contributed by atoms with Gasteiger partial charge in [0, 0.05) is 24.6 Å². The molecule has 6 heteroatoms. The van der Waals surface area contributed by atoms with Crippen molar-refractivity contribution in [1.29, 1.82) is 0 Å². The number of amides is 1. The number of hydrogen-bond donors (Lipinski definition) is 0. The predicted molar refractivity (Wildman–Crippen MR) is 101 cm³/mol. The second-order valence-corrected chi connectivity index (χ2v) is 6.66. The summed E-state index contributed by atoms with van der Waals surface area (Å²) in [6, 6.07) is 13.1. The topological polar surface area (TPSA) is 64.8 Å². The third-order valence-electron chi connectivity index (χ3n) is 5.07. The molecule has 2 heterocycles. The highest BCUT2D eigenvalue weighted by molar-refractivity contribution is 5.95. The molecule has 0 spiro atoms. The molecule has 140 valence electrons. The quantitative estimate of drug-likeness (QED) is 0.701. The molecule has 1 aliphatic rings. The van der Waals surface area contributed by atoms with E-state index in [1.54, 1.807) is 32.4 Å². The van der Waals surface area contributed by atoms with E-state index < -0.39 is 0 Å². The lowest BCUT2D eigenvalue weighted by molar-refractivity contribution is 0.0706. The van der Waals surface area contributed by atoms with Gasteiger partial charge in [-0.2, -0.15) is 0 Å². The second kappa shape index (κ2) is 7.31. The zero-order chi connectivity index (χ0) is 18.8. The molecule has 1 aromatic heterocycles. The van der Waals surface area contributed by atoms with E-state index >= 15 is 0 Å². The van der Waals surface area contributed by atoms with Crippen molar-refractivity contribution in [3.8, 4) is 11.5 Å². The fraction of sp³-hybridized carbons (Fsp3) is 0.333. The van der Waals surface area contributed by atoms with Gasteiger partial charge in [-0.25, -0.2) is 4.98 Å². The minimum atomic E-state index is 0.00645. The largest absolute Gasteiger partial charge is 0.493 e. The van der Waals surface area contributed by atoms with Crippen molar-refractivity contribution < 1.29 is 18.7 Å². The van der Waals surface area contributed by atoms with Crippen LogP contribution in [0.4, 0.5) is 0 Å². The predicted octanol–water partition coefficient (Wildman–Crippen LogP) is 3.86. The zero-order valence-electron chi connectivity index (χ0n) is 15.5. The summed E-state index contributed by atoms with van der Waals surface area (Å²) in [5, 5.41) is 0. The maximum Gasteiger partial charge on any atom is 0.253 e. The molecule has 2 aromatic carbocycles. The highest BCUT2D eigenvalue weighted by atomic mass is 16.5. The first-order valence-corrected chi connectivity index (χ1v) is 9.06. The minimum Gasteiger partial charge on any atom is -0.493 e.